The number of benzene rings is 2. The number of methoxy groups -OCH3 is 1. The maximum atomic E-state index is 6.14. The third-order valence-electron chi connectivity index (χ3n) is 5.80. The van der Waals surface area contributed by atoms with Crippen molar-refractivity contribution in [1.29, 1.82) is 0 Å². The number of nitrogens with one attached hydrogen (secondary N) is 1. The highest BCUT2D eigenvalue weighted by atomic mass is 35.5. The van der Waals surface area contributed by atoms with Gasteiger partial charge in [0.05, 0.1) is 28.8 Å². The standard InChI is InChI=1S/C23H26Cl2N4O3/c1-13-14(2)32-16(10-29(13)3)11-31-22-9-20-17(8-21(22)30-4)23(27-12-26-20)28-15-5-6-18(24)19(25)7-15/h5-9,12-14,16H,10-11H2,1-4H3,(H,26,27,28)/t13?,14?,16-/m1/s1. The molecule has 0 saturated carbocycles. The van der Waals surface area contributed by atoms with Gasteiger partial charge in [-0.15, -0.1) is 0 Å². The number of nitrogens with zero attached hydrogens (tertiary/aromatic N) is 3. The fourth-order valence-electron chi connectivity index (χ4n) is 3.73. The van der Waals surface area contributed by atoms with Crippen LogP contribution in [0.3, 0.4) is 0 Å². The zero-order valence-corrected chi connectivity index (χ0v) is 19.9. The number of hydrogen-bond acceptors (Lipinski definition) is 7. The van der Waals surface area contributed by atoms with Gasteiger partial charge in [0.1, 0.15) is 24.9 Å². The molecule has 2 heterocycles. The van der Waals surface area contributed by atoms with E-state index in [2.05, 4.69) is 41.1 Å². The molecule has 2 aromatic carbocycles. The maximum Gasteiger partial charge on any atom is 0.163 e. The Balaban J connectivity index is 1.57. The minimum Gasteiger partial charge on any atom is -0.493 e. The Morgan fingerprint density at radius 1 is 1.12 bits per heavy atom. The molecule has 1 fully saturated rings. The van der Waals surface area contributed by atoms with E-state index in [4.69, 9.17) is 37.4 Å². The van der Waals surface area contributed by atoms with E-state index in [9.17, 15) is 0 Å². The SMILES string of the molecule is COc1cc2c(Nc3ccc(Cl)c(Cl)c3)ncnc2cc1OC[C@H]1CN(C)C(C)C(C)O1. The van der Waals surface area contributed by atoms with Crippen molar-refractivity contribution in [3.05, 3.63) is 46.7 Å². The quantitative estimate of drug-likeness (QED) is 0.525. The molecule has 3 atom stereocenters. The third-order valence-corrected chi connectivity index (χ3v) is 6.54. The number of aromatic nitrogens is 2. The van der Waals surface area contributed by atoms with Crippen molar-refractivity contribution < 1.29 is 14.2 Å². The minimum atomic E-state index is -0.0242. The molecule has 1 aliphatic rings. The van der Waals surface area contributed by atoms with Crippen LogP contribution < -0.4 is 14.8 Å². The summed E-state index contributed by atoms with van der Waals surface area (Å²) in [4.78, 5) is 11.1. The summed E-state index contributed by atoms with van der Waals surface area (Å²) in [6.45, 7) is 5.48. The van der Waals surface area contributed by atoms with Crippen LogP contribution in [0.25, 0.3) is 10.9 Å². The predicted octanol–water partition coefficient (Wildman–Crippen LogP) is 5.18. The number of fused-ring (bicyclic) bond motifs is 1. The van der Waals surface area contributed by atoms with Crippen molar-refractivity contribution in [2.75, 3.05) is 32.6 Å². The molecule has 0 radical (unpaired) electrons. The van der Waals surface area contributed by atoms with Gasteiger partial charge in [0.2, 0.25) is 0 Å². The Hall–Kier alpha value is -2.32. The van der Waals surface area contributed by atoms with Crippen LogP contribution in [0.1, 0.15) is 13.8 Å². The average Bonchev–Trinajstić information content (AvgIpc) is 2.78. The Labute approximate surface area is 197 Å². The number of hydrogen-bond donors (Lipinski definition) is 1. The minimum absolute atomic E-state index is 0.0242. The van der Waals surface area contributed by atoms with E-state index in [1.165, 1.54) is 6.33 Å². The molecule has 0 amide bonds. The van der Waals surface area contributed by atoms with Crippen LogP contribution in [0, 0.1) is 0 Å². The molecule has 1 aromatic heterocycles. The molecule has 0 aliphatic carbocycles. The molecule has 32 heavy (non-hydrogen) atoms. The summed E-state index contributed by atoms with van der Waals surface area (Å²) < 4.78 is 17.8. The molecule has 3 aromatic rings. The molecule has 1 saturated heterocycles. The Bertz CT molecular complexity index is 1100. The number of rotatable bonds is 6. The lowest BCUT2D eigenvalue weighted by Gasteiger charge is -2.39. The van der Waals surface area contributed by atoms with E-state index in [-0.39, 0.29) is 12.2 Å². The van der Waals surface area contributed by atoms with Gasteiger partial charge < -0.3 is 19.5 Å². The van der Waals surface area contributed by atoms with Gasteiger partial charge >= 0.3 is 0 Å². The summed E-state index contributed by atoms with van der Waals surface area (Å²) >= 11 is 12.2. The first-order valence-electron chi connectivity index (χ1n) is 10.4. The maximum absolute atomic E-state index is 6.14. The van der Waals surface area contributed by atoms with E-state index < -0.39 is 0 Å². The molecule has 0 spiro atoms. The Kier molecular flexibility index (Phi) is 6.90. The van der Waals surface area contributed by atoms with Gasteiger partial charge in [0.25, 0.3) is 0 Å². The molecular formula is C23H26Cl2N4O3. The van der Waals surface area contributed by atoms with E-state index in [1.807, 2.05) is 18.2 Å². The van der Waals surface area contributed by atoms with Crippen LogP contribution in [-0.4, -0.2) is 60.4 Å². The van der Waals surface area contributed by atoms with Gasteiger partial charge in [0, 0.05) is 29.7 Å². The molecule has 170 valence electrons. The zero-order chi connectivity index (χ0) is 22.8. The molecule has 7 nitrogen and oxygen atoms in total. The van der Waals surface area contributed by atoms with E-state index in [1.54, 1.807) is 19.2 Å². The van der Waals surface area contributed by atoms with Gasteiger partial charge in [-0.2, -0.15) is 0 Å². The molecule has 1 aliphatic heterocycles. The second kappa shape index (κ2) is 9.67. The van der Waals surface area contributed by atoms with E-state index in [0.29, 0.717) is 40.0 Å². The van der Waals surface area contributed by atoms with Gasteiger partial charge in [-0.25, -0.2) is 9.97 Å². The van der Waals surface area contributed by atoms with Crippen molar-refractivity contribution in [3.63, 3.8) is 0 Å². The lowest BCUT2D eigenvalue weighted by Crippen LogP contribution is -2.52. The molecule has 1 N–H and O–H groups in total. The van der Waals surface area contributed by atoms with Crippen molar-refractivity contribution in [2.45, 2.75) is 32.1 Å². The fraction of sp³-hybridized carbons (Fsp3) is 0.391. The topological polar surface area (TPSA) is 68.7 Å². The second-order valence-electron chi connectivity index (χ2n) is 7.95. The van der Waals surface area contributed by atoms with Crippen LogP contribution in [0.5, 0.6) is 11.5 Å². The summed E-state index contributed by atoms with van der Waals surface area (Å²) in [6, 6.07) is 9.40. The number of likely N-dealkylation sites (N-methyl/N-ethyl adjacent to an activating group) is 1. The van der Waals surface area contributed by atoms with Crippen LogP contribution in [0.4, 0.5) is 11.5 Å². The molecule has 4 rings (SSSR count). The van der Waals surface area contributed by atoms with Gasteiger partial charge in [0.15, 0.2) is 11.5 Å². The van der Waals surface area contributed by atoms with Crippen LogP contribution >= 0.6 is 23.2 Å². The first kappa shape index (κ1) is 22.9. The summed E-state index contributed by atoms with van der Waals surface area (Å²) in [5, 5.41) is 5.01. The first-order valence-corrected chi connectivity index (χ1v) is 11.1. The van der Waals surface area contributed by atoms with Crippen molar-refractivity contribution in [1.82, 2.24) is 14.9 Å². The highest BCUT2D eigenvalue weighted by Gasteiger charge is 2.29. The third kappa shape index (κ3) is 4.86. The molecule has 2 unspecified atom stereocenters. The van der Waals surface area contributed by atoms with Crippen LogP contribution in [0.2, 0.25) is 10.0 Å². The molecule has 9 heteroatoms. The number of morpholine rings is 1. The van der Waals surface area contributed by atoms with Crippen LogP contribution in [0.15, 0.2) is 36.7 Å². The zero-order valence-electron chi connectivity index (χ0n) is 18.4. The van der Waals surface area contributed by atoms with Crippen molar-refractivity contribution in [2.24, 2.45) is 0 Å². The Morgan fingerprint density at radius 2 is 1.94 bits per heavy atom. The fourth-order valence-corrected chi connectivity index (χ4v) is 4.03. The highest BCUT2D eigenvalue weighted by molar-refractivity contribution is 6.42. The lowest BCUT2D eigenvalue weighted by atomic mass is 10.1. The second-order valence-corrected chi connectivity index (χ2v) is 8.77. The smallest absolute Gasteiger partial charge is 0.163 e. The number of ether oxygens (including phenoxy) is 3. The van der Waals surface area contributed by atoms with Crippen molar-refractivity contribution >= 4 is 45.6 Å². The van der Waals surface area contributed by atoms with Crippen LogP contribution in [-0.2, 0) is 4.74 Å². The average molecular weight is 477 g/mol. The molecule has 0 bridgehead atoms. The van der Waals surface area contributed by atoms with E-state index >= 15 is 0 Å². The monoisotopic (exact) mass is 476 g/mol. The lowest BCUT2D eigenvalue weighted by molar-refractivity contribution is -0.111. The summed E-state index contributed by atoms with van der Waals surface area (Å²) in [5.74, 6) is 1.82. The summed E-state index contributed by atoms with van der Waals surface area (Å²) in [7, 11) is 3.71. The van der Waals surface area contributed by atoms with Gasteiger partial charge in [-0.05, 0) is 45.2 Å². The summed E-state index contributed by atoms with van der Waals surface area (Å²) in [5.41, 5.74) is 1.49. The van der Waals surface area contributed by atoms with E-state index in [0.717, 1.165) is 23.1 Å². The predicted molar refractivity (Wildman–Crippen MR) is 128 cm³/mol. The normalized spacial score (nSPS) is 21.5. The molecular weight excluding hydrogens is 451 g/mol. The first-order chi connectivity index (χ1) is 15.4. The largest absolute Gasteiger partial charge is 0.493 e. The van der Waals surface area contributed by atoms with Gasteiger partial charge in [-0.1, -0.05) is 23.2 Å². The number of halogens is 2. The van der Waals surface area contributed by atoms with Gasteiger partial charge in [-0.3, -0.25) is 4.90 Å². The number of anilines is 2. The highest BCUT2D eigenvalue weighted by Crippen LogP contribution is 2.35. The Morgan fingerprint density at radius 3 is 2.66 bits per heavy atom. The summed E-state index contributed by atoms with van der Waals surface area (Å²) in [6.07, 6.45) is 1.62. The van der Waals surface area contributed by atoms with Crippen molar-refractivity contribution in [3.8, 4) is 11.5 Å².